The Morgan fingerprint density at radius 1 is 1.20 bits per heavy atom. The molecule has 3 nitrogen and oxygen atoms in total. The molecule has 0 bridgehead atoms. The van der Waals surface area contributed by atoms with Crippen LogP contribution in [0.15, 0.2) is 0 Å². The molecule has 0 saturated heterocycles. The highest BCUT2D eigenvalue weighted by atomic mass is 32.2. The lowest BCUT2D eigenvalue weighted by molar-refractivity contribution is 0.308. The summed E-state index contributed by atoms with van der Waals surface area (Å²) in [5.74, 6) is 1.50. The molecular weight excluding hydrogens is 210 g/mol. The third-order valence-electron chi connectivity index (χ3n) is 2.96. The SMILES string of the molecule is CCS(=O)(=O)CCCC(C(C)C)C(C)N. The van der Waals surface area contributed by atoms with E-state index in [-0.39, 0.29) is 11.8 Å². The molecule has 0 rings (SSSR count). The Balaban J connectivity index is 4.03. The molecule has 2 atom stereocenters. The zero-order chi connectivity index (χ0) is 12.1. The van der Waals surface area contributed by atoms with Crippen molar-refractivity contribution in [3.8, 4) is 0 Å². The molecule has 4 heteroatoms. The number of sulfone groups is 1. The zero-order valence-corrected chi connectivity index (χ0v) is 11.2. The molecule has 0 amide bonds. The van der Waals surface area contributed by atoms with Gasteiger partial charge in [-0.1, -0.05) is 20.8 Å². The van der Waals surface area contributed by atoms with E-state index in [9.17, 15) is 8.42 Å². The van der Waals surface area contributed by atoms with E-state index in [1.165, 1.54) is 0 Å². The van der Waals surface area contributed by atoms with Crippen LogP contribution in [0.3, 0.4) is 0 Å². The summed E-state index contributed by atoms with van der Waals surface area (Å²) in [6.45, 7) is 7.98. The third-order valence-corrected chi connectivity index (χ3v) is 4.75. The van der Waals surface area contributed by atoms with Crippen molar-refractivity contribution in [2.75, 3.05) is 11.5 Å². The summed E-state index contributed by atoms with van der Waals surface area (Å²) in [6.07, 6.45) is 1.65. The predicted octanol–water partition coefficient (Wildman–Crippen LogP) is 1.82. The van der Waals surface area contributed by atoms with Gasteiger partial charge in [-0.3, -0.25) is 0 Å². The maximum Gasteiger partial charge on any atom is 0.150 e. The molecule has 2 N–H and O–H groups in total. The van der Waals surface area contributed by atoms with Crippen molar-refractivity contribution >= 4 is 9.84 Å². The molecule has 0 saturated carbocycles. The van der Waals surface area contributed by atoms with Crippen molar-refractivity contribution in [2.45, 2.75) is 46.6 Å². The van der Waals surface area contributed by atoms with Crippen LogP contribution in [0.1, 0.15) is 40.5 Å². The molecule has 15 heavy (non-hydrogen) atoms. The molecule has 2 unspecified atom stereocenters. The minimum absolute atomic E-state index is 0.148. The summed E-state index contributed by atoms with van der Waals surface area (Å²) in [4.78, 5) is 0. The van der Waals surface area contributed by atoms with Crippen molar-refractivity contribution in [3.05, 3.63) is 0 Å². The van der Waals surface area contributed by atoms with Gasteiger partial charge in [0, 0.05) is 11.8 Å². The van der Waals surface area contributed by atoms with Crippen molar-refractivity contribution < 1.29 is 8.42 Å². The molecule has 92 valence electrons. The average molecular weight is 235 g/mol. The number of rotatable bonds is 7. The van der Waals surface area contributed by atoms with E-state index in [0.717, 1.165) is 12.8 Å². The van der Waals surface area contributed by atoms with Crippen LogP contribution in [-0.4, -0.2) is 26.0 Å². The van der Waals surface area contributed by atoms with E-state index >= 15 is 0 Å². The highest BCUT2D eigenvalue weighted by Gasteiger charge is 2.18. The summed E-state index contributed by atoms with van der Waals surface area (Å²) < 4.78 is 22.6. The Labute approximate surface area is 94.4 Å². The number of hydrogen-bond acceptors (Lipinski definition) is 3. The average Bonchev–Trinajstić information content (AvgIpc) is 2.11. The molecule has 0 aromatic heterocycles. The van der Waals surface area contributed by atoms with Crippen molar-refractivity contribution in [1.82, 2.24) is 0 Å². The van der Waals surface area contributed by atoms with Crippen LogP contribution in [0.25, 0.3) is 0 Å². The second kappa shape index (κ2) is 6.48. The largest absolute Gasteiger partial charge is 0.328 e. The molecule has 0 heterocycles. The topological polar surface area (TPSA) is 60.2 Å². The molecule has 0 aromatic carbocycles. The van der Waals surface area contributed by atoms with Gasteiger partial charge in [-0.05, 0) is 31.6 Å². The third kappa shape index (κ3) is 6.15. The van der Waals surface area contributed by atoms with Crippen molar-refractivity contribution in [1.29, 1.82) is 0 Å². The molecule has 0 fully saturated rings. The van der Waals surface area contributed by atoms with E-state index in [1.54, 1.807) is 6.92 Å². The van der Waals surface area contributed by atoms with Crippen LogP contribution in [-0.2, 0) is 9.84 Å². The fraction of sp³-hybridized carbons (Fsp3) is 1.00. The van der Waals surface area contributed by atoms with E-state index in [2.05, 4.69) is 13.8 Å². The highest BCUT2D eigenvalue weighted by Crippen LogP contribution is 2.20. The van der Waals surface area contributed by atoms with E-state index in [0.29, 0.717) is 17.6 Å². The number of hydrogen-bond donors (Lipinski definition) is 1. The van der Waals surface area contributed by atoms with Crippen molar-refractivity contribution in [2.24, 2.45) is 17.6 Å². The quantitative estimate of drug-likeness (QED) is 0.732. The van der Waals surface area contributed by atoms with E-state index in [4.69, 9.17) is 5.73 Å². The fourth-order valence-corrected chi connectivity index (χ4v) is 2.78. The first-order valence-corrected chi connectivity index (χ1v) is 7.58. The van der Waals surface area contributed by atoms with Crippen LogP contribution in [0.2, 0.25) is 0 Å². The van der Waals surface area contributed by atoms with Gasteiger partial charge < -0.3 is 5.73 Å². The Hall–Kier alpha value is -0.0900. The maximum absolute atomic E-state index is 11.3. The van der Waals surface area contributed by atoms with Gasteiger partial charge in [0.25, 0.3) is 0 Å². The minimum Gasteiger partial charge on any atom is -0.328 e. The minimum atomic E-state index is -2.81. The standard InChI is InChI=1S/C11H25NO2S/c1-5-15(13,14)8-6-7-11(9(2)3)10(4)12/h9-11H,5-8,12H2,1-4H3. The zero-order valence-electron chi connectivity index (χ0n) is 10.4. The molecule has 0 aliphatic rings. The molecule has 0 aromatic rings. The summed E-state index contributed by atoms with van der Waals surface area (Å²) in [5.41, 5.74) is 5.87. The van der Waals surface area contributed by atoms with Gasteiger partial charge in [0.15, 0.2) is 0 Å². The Kier molecular flexibility index (Phi) is 6.44. The van der Waals surface area contributed by atoms with Crippen molar-refractivity contribution in [3.63, 3.8) is 0 Å². The molecule has 0 aliphatic heterocycles. The molecule has 0 radical (unpaired) electrons. The normalized spacial score (nSPS) is 16.7. The van der Waals surface area contributed by atoms with Gasteiger partial charge in [0.2, 0.25) is 0 Å². The summed E-state index contributed by atoms with van der Waals surface area (Å²) in [5, 5.41) is 0. The Morgan fingerprint density at radius 2 is 1.73 bits per heavy atom. The maximum atomic E-state index is 11.3. The van der Waals surface area contributed by atoms with Gasteiger partial charge in [-0.2, -0.15) is 0 Å². The van der Waals surface area contributed by atoms with Gasteiger partial charge in [-0.15, -0.1) is 0 Å². The van der Waals surface area contributed by atoms with Crippen LogP contribution >= 0.6 is 0 Å². The van der Waals surface area contributed by atoms with E-state index < -0.39 is 9.84 Å². The van der Waals surface area contributed by atoms with E-state index in [1.807, 2.05) is 6.92 Å². The predicted molar refractivity (Wildman–Crippen MR) is 65.5 cm³/mol. The lowest BCUT2D eigenvalue weighted by atomic mass is 9.86. The lowest BCUT2D eigenvalue weighted by Crippen LogP contribution is -2.30. The van der Waals surface area contributed by atoms with Crippen LogP contribution < -0.4 is 5.73 Å². The van der Waals surface area contributed by atoms with Crippen LogP contribution in [0.5, 0.6) is 0 Å². The molecular formula is C11H25NO2S. The Morgan fingerprint density at radius 3 is 2.07 bits per heavy atom. The summed E-state index contributed by atoms with van der Waals surface area (Å²) in [6, 6.07) is 0.148. The first kappa shape index (κ1) is 14.9. The fourth-order valence-electron chi connectivity index (χ4n) is 1.89. The van der Waals surface area contributed by atoms with Gasteiger partial charge in [0.1, 0.15) is 9.84 Å². The second-order valence-electron chi connectivity index (χ2n) is 4.65. The molecule has 0 aliphatic carbocycles. The number of nitrogens with two attached hydrogens (primary N) is 1. The summed E-state index contributed by atoms with van der Waals surface area (Å²) in [7, 11) is -2.81. The monoisotopic (exact) mass is 235 g/mol. The first-order chi connectivity index (χ1) is 6.80. The second-order valence-corrected chi connectivity index (χ2v) is 7.12. The lowest BCUT2D eigenvalue weighted by Gasteiger charge is -2.24. The first-order valence-electron chi connectivity index (χ1n) is 5.76. The smallest absolute Gasteiger partial charge is 0.150 e. The summed E-state index contributed by atoms with van der Waals surface area (Å²) >= 11 is 0. The molecule has 0 spiro atoms. The van der Waals surface area contributed by atoms with Gasteiger partial charge >= 0.3 is 0 Å². The highest BCUT2D eigenvalue weighted by molar-refractivity contribution is 7.91. The Bertz CT molecular complexity index is 250. The van der Waals surface area contributed by atoms with Crippen LogP contribution in [0.4, 0.5) is 0 Å². The van der Waals surface area contributed by atoms with Crippen LogP contribution in [0, 0.1) is 11.8 Å². The van der Waals surface area contributed by atoms with Gasteiger partial charge in [-0.25, -0.2) is 8.42 Å². The van der Waals surface area contributed by atoms with Gasteiger partial charge in [0.05, 0.1) is 5.75 Å².